The van der Waals surface area contributed by atoms with Gasteiger partial charge in [0.05, 0.1) is 0 Å². The largest absolute Gasteiger partial charge is 0.311 e. The fourth-order valence-corrected chi connectivity index (χ4v) is 1.98. The molecule has 1 N–H and O–H groups in total. The molecule has 0 atom stereocenters. The first-order valence-electron chi connectivity index (χ1n) is 5.41. The standard InChI is InChI=1S/C13H25N/c1-7-8-9-10-14-13(5,6)11-12(2,3)4/h14H,9-11H2,1-6H3. The van der Waals surface area contributed by atoms with E-state index in [9.17, 15) is 0 Å². The summed E-state index contributed by atoms with van der Waals surface area (Å²) >= 11 is 0. The molecule has 0 aromatic heterocycles. The van der Waals surface area contributed by atoms with Gasteiger partial charge in [-0.1, -0.05) is 20.8 Å². The fourth-order valence-electron chi connectivity index (χ4n) is 1.98. The van der Waals surface area contributed by atoms with Crippen molar-refractivity contribution >= 4 is 0 Å². The van der Waals surface area contributed by atoms with Gasteiger partial charge >= 0.3 is 0 Å². The Morgan fingerprint density at radius 2 is 1.64 bits per heavy atom. The minimum atomic E-state index is 0.216. The van der Waals surface area contributed by atoms with Gasteiger partial charge in [0.15, 0.2) is 0 Å². The van der Waals surface area contributed by atoms with Crippen LogP contribution in [0.1, 0.15) is 54.4 Å². The highest BCUT2D eigenvalue weighted by Crippen LogP contribution is 2.26. The lowest BCUT2D eigenvalue weighted by Gasteiger charge is -2.33. The minimum Gasteiger partial charge on any atom is -0.311 e. The molecule has 0 rings (SSSR count). The highest BCUT2D eigenvalue weighted by atomic mass is 14.9. The van der Waals surface area contributed by atoms with E-state index in [2.05, 4.69) is 51.8 Å². The summed E-state index contributed by atoms with van der Waals surface area (Å²) in [5, 5.41) is 3.55. The zero-order chi connectivity index (χ0) is 11.2. The molecule has 0 aromatic carbocycles. The Labute approximate surface area is 89.7 Å². The molecule has 0 saturated carbocycles. The lowest BCUT2D eigenvalue weighted by Crippen LogP contribution is -2.42. The van der Waals surface area contributed by atoms with Gasteiger partial charge < -0.3 is 5.32 Å². The summed E-state index contributed by atoms with van der Waals surface area (Å²) < 4.78 is 0. The Bertz CT molecular complexity index is 210. The molecular formula is C13H25N. The zero-order valence-electron chi connectivity index (χ0n) is 10.6. The van der Waals surface area contributed by atoms with Crippen LogP contribution < -0.4 is 5.32 Å². The van der Waals surface area contributed by atoms with Crippen molar-refractivity contribution in [1.29, 1.82) is 0 Å². The molecule has 0 saturated heterocycles. The monoisotopic (exact) mass is 195 g/mol. The van der Waals surface area contributed by atoms with Crippen molar-refractivity contribution in [2.45, 2.75) is 59.9 Å². The van der Waals surface area contributed by atoms with Crippen LogP contribution >= 0.6 is 0 Å². The van der Waals surface area contributed by atoms with Gasteiger partial charge in [-0.25, -0.2) is 0 Å². The topological polar surface area (TPSA) is 12.0 Å². The Morgan fingerprint density at radius 1 is 1.07 bits per heavy atom. The third-order valence-electron chi connectivity index (χ3n) is 2.00. The normalized spacial score (nSPS) is 12.1. The highest BCUT2D eigenvalue weighted by Gasteiger charge is 2.24. The first kappa shape index (κ1) is 13.5. The van der Waals surface area contributed by atoms with Gasteiger partial charge in [0, 0.05) is 18.5 Å². The van der Waals surface area contributed by atoms with Crippen molar-refractivity contribution in [3.8, 4) is 11.8 Å². The van der Waals surface area contributed by atoms with Crippen molar-refractivity contribution < 1.29 is 0 Å². The van der Waals surface area contributed by atoms with E-state index in [0.29, 0.717) is 5.41 Å². The van der Waals surface area contributed by atoms with Gasteiger partial charge in [-0.05, 0) is 32.6 Å². The SMILES string of the molecule is CC#CCCNC(C)(C)CC(C)(C)C. The molecule has 0 amide bonds. The summed E-state index contributed by atoms with van der Waals surface area (Å²) in [4.78, 5) is 0. The second-order valence-electron chi connectivity index (χ2n) is 5.72. The van der Waals surface area contributed by atoms with E-state index < -0.39 is 0 Å². The van der Waals surface area contributed by atoms with Gasteiger partial charge in [0.1, 0.15) is 0 Å². The van der Waals surface area contributed by atoms with E-state index in [-0.39, 0.29) is 5.54 Å². The number of nitrogens with one attached hydrogen (secondary N) is 1. The van der Waals surface area contributed by atoms with Crippen molar-refractivity contribution in [2.24, 2.45) is 5.41 Å². The Morgan fingerprint density at radius 3 is 2.07 bits per heavy atom. The summed E-state index contributed by atoms with van der Waals surface area (Å²) in [6.45, 7) is 14.2. The van der Waals surface area contributed by atoms with Crippen molar-refractivity contribution in [3.05, 3.63) is 0 Å². The van der Waals surface area contributed by atoms with Gasteiger partial charge in [-0.15, -0.1) is 11.8 Å². The van der Waals surface area contributed by atoms with Crippen LogP contribution in [0.4, 0.5) is 0 Å². The summed E-state index contributed by atoms with van der Waals surface area (Å²) in [5.74, 6) is 5.98. The molecule has 0 heterocycles. The van der Waals surface area contributed by atoms with Crippen molar-refractivity contribution in [2.75, 3.05) is 6.54 Å². The van der Waals surface area contributed by atoms with Crippen LogP contribution in [0.15, 0.2) is 0 Å². The fraction of sp³-hybridized carbons (Fsp3) is 0.846. The quantitative estimate of drug-likeness (QED) is 0.536. The maximum absolute atomic E-state index is 3.55. The number of hydrogen-bond donors (Lipinski definition) is 1. The van der Waals surface area contributed by atoms with Crippen LogP contribution in [0.2, 0.25) is 0 Å². The summed E-state index contributed by atoms with van der Waals surface area (Å²) in [6.07, 6.45) is 2.13. The maximum atomic E-state index is 3.55. The summed E-state index contributed by atoms with van der Waals surface area (Å²) in [5.41, 5.74) is 0.598. The van der Waals surface area contributed by atoms with Crippen LogP contribution in [0.3, 0.4) is 0 Å². The third kappa shape index (κ3) is 8.13. The van der Waals surface area contributed by atoms with Crippen LogP contribution in [-0.2, 0) is 0 Å². The zero-order valence-corrected chi connectivity index (χ0v) is 10.6. The van der Waals surface area contributed by atoms with Gasteiger partial charge in [0.25, 0.3) is 0 Å². The Kier molecular flexibility index (Phi) is 5.23. The smallest absolute Gasteiger partial charge is 0.0214 e. The lowest BCUT2D eigenvalue weighted by atomic mass is 9.82. The van der Waals surface area contributed by atoms with Crippen LogP contribution in [0, 0.1) is 17.3 Å². The molecule has 1 nitrogen and oxygen atoms in total. The van der Waals surface area contributed by atoms with Crippen molar-refractivity contribution in [1.82, 2.24) is 5.32 Å². The van der Waals surface area contributed by atoms with E-state index >= 15 is 0 Å². The molecular weight excluding hydrogens is 170 g/mol. The molecule has 0 spiro atoms. The molecule has 14 heavy (non-hydrogen) atoms. The molecule has 82 valence electrons. The second-order valence-corrected chi connectivity index (χ2v) is 5.72. The summed E-state index contributed by atoms with van der Waals surface area (Å²) in [6, 6.07) is 0. The molecule has 0 bridgehead atoms. The average molecular weight is 195 g/mol. The summed E-state index contributed by atoms with van der Waals surface area (Å²) in [7, 11) is 0. The Hall–Kier alpha value is -0.480. The number of rotatable bonds is 4. The van der Waals surface area contributed by atoms with Crippen molar-refractivity contribution in [3.63, 3.8) is 0 Å². The second kappa shape index (κ2) is 5.41. The Balaban J connectivity index is 3.87. The predicted octanol–water partition coefficient (Wildman–Crippen LogP) is 3.20. The first-order chi connectivity index (χ1) is 6.27. The molecule has 0 radical (unpaired) electrons. The van der Waals surface area contributed by atoms with Gasteiger partial charge in [-0.3, -0.25) is 0 Å². The van der Waals surface area contributed by atoms with E-state index in [1.54, 1.807) is 0 Å². The first-order valence-corrected chi connectivity index (χ1v) is 5.41. The predicted molar refractivity (Wildman–Crippen MR) is 64.2 cm³/mol. The maximum Gasteiger partial charge on any atom is 0.0214 e. The molecule has 1 heteroatoms. The lowest BCUT2D eigenvalue weighted by molar-refractivity contribution is 0.244. The molecule has 0 unspecified atom stereocenters. The van der Waals surface area contributed by atoms with E-state index in [0.717, 1.165) is 13.0 Å². The van der Waals surface area contributed by atoms with Gasteiger partial charge in [-0.2, -0.15) is 0 Å². The highest BCUT2D eigenvalue weighted by molar-refractivity contribution is 4.96. The molecule has 0 aromatic rings. The van der Waals surface area contributed by atoms with E-state index in [1.807, 2.05) is 6.92 Å². The molecule has 0 aliphatic heterocycles. The van der Waals surface area contributed by atoms with E-state index in [4.69, 9.17) is 0 Å². The van der Waals surface area contributed by atoms with Gasteiger partial charge in [0.2, 0.25) is 0 Å². The van der Waals surface area contributed by atoms with Crippen LogP contribution in [0.25, 0.3) is 0 Å². The third-order valence-corrected chi connectivity index (χ3v) is 2.00. The molecule has 0 aliphatic rings. The molecule has 0 fully saturated rings. The van der Waals surface area contributed by atoms with Crippen LogP contribution in [-0.4, -0.2) is 12.1 Å². The average Bonchev–Trinajstić information content (AvgIpc) is 1.93. The number of hydrogen-bond acceptors (Lipinski definition) is 1. The van der Waals surface area contributed by atoms with E-state index in [1.165, 1.54) is 6.42 Å². The van der Waals surface area contributed by atoms with Crippen LogP contribution in [0.5, 0.6) is 0 Å². The molecule has 0 aliphatic carbocycles. The minimum absolute atomic E-state index is 0.216.